The number of hydrogen-bond donors (Lipinski definition) is 1. The molecule has 1 heterocycles. The van der Waals surface area contributed by atoms with Crippen LogP contribution in [0.5, 0.6) is 0 Å². The summed E-state index contributed by atoms with van der Waals surface area (Å²) in [5.41, 5.74) is 5.13. The van der Waals surface area contributed by atoms with Gasteiger partial charge in [-0.25, -0.2) is 8.42 Å². The Morgan fingerprint density at radius 1 is 1.40 bits per heavy atom. The maximum absolute atomic E-state index is 12.5. The van der Waals surface area contributed by atoms with Gasteiger partial charge in [0.1, 0.15) is 5.69 Å². The molecular weight excluding hydrogens is 282 g/mol. The fourth-order valence-corrected chi connectivity index (χ4v) is 4.39. The van der Waals surface area contributed by atoms with Gasteiger partial charge in [0.2, 0.25) is 10.0 Å². The van der Waals surface area contributed by atoms with Crippen LogP contribution >= 0.6 is 0 Å². The zero-order valence-electron chi connectivity index (χ0n) is 11.3. The third kappa shape index (κ3) is 2.48. The number of anilines is 1. The van der Waals surface area contributed by atoms with E-state index in [1.54, 1.807) is 0 Å². The van der Waals surface area contributed by atoms with Crippen molar-refractivity contribution in [3.63, 3.8) is 0 Å². The van der Waals surface area contributed by atoms with Crippen molar-refractivity contribution < 1.29 is 13.3 Å². The van der Waals surface area contributed by atoms with Gasteiger partial charge >= 0.3 is 0 Å². The van der Waals surface area contributed by atoms with Crippen LogP contribution in [0.3, 0.4) is 0 Å². The van der Waals surface area contributed by atoms with Crippen LogP contribution in [0.25, 0.3) is 0 Å². The minimum absolute atomic E-state index is 0.00144. The molecule has 1 aromatic rings. The summed E-state index contributed by atoms with van der Waals surface area (Å²) in [7, 11) is -3.66. The lowest BCUT2D eigenvalue weighted by Gasteiger charge is -2.21. The van der Waals surface area contributed by atoms with Gasteiger partial charge in [0.25, 0.3) is 5.69 Å². The predicted octanol–water partition coefficient (Wildman–Crippen LogP) is 1.60. The number of nitro groups is 1. The molecule has 1 aromatic carbocycles. The van der Waals surface area contributed by atoms with Crippen LogP contribution < -0.4 is 5.73 Å². The highest BCUT2D eigenvalue weighted by molar-refractivity contribution is 7.89. The van der Waals surface area contributed by atoms with Crippen LogP contribution in [0.1, 0.15) is 20.3 Å². The smallest absolute Gasteiger partial charge is 0.292 e. The first-order valence-electron chi connectivity index (χ1n) is 6.29. The molecule has 2 rings (SSSR count). The zero-order valence-corrected chi connectivity index (χ0v) is 12.1. The van der Waals surface area contributed by atoms with Crippen molar-refractivity contribution in [3.8, 4) is 0 Å². The Morgan fingerprint density at radius 2 is 2.05 bits per heavy atom. The molecule has 0 aromatic heterocycles. The Balaban J connectivity index is 2.40. The van der Waals surface area contributed by atoms with Crippen LogP contribution in [0.4, 0.5) is 11.4 Å². The fraction of sp³-hybridized carbons (Fsp3) is 0.500. The molecule has 2 atom stereocenters. The summed E-state index contributed by atoms with van der Waals surface area (Å²) in [6, 6.07) is 3.45. The lowest BCUT2D eigenvalue weighted by Crippen LogP contribution is -2.34. The highest BCUT2D eigenvalue weighted by atomic mass is 32.2. The summed E-state index contributed by atoms with van der Waals surface area (Å²) >= 11 is 0. The number of hydrogen-bond acceptors (Lipinski definition) is 5. The highest BCUT2D eigenvalue weighted by Gasteiger charge is 2.36. The second-order valence-corrected chi connectivity index (χ2v) is 7.13. The summed E-state index contributed by atoms with van der Waals surface area (Å²) in [5.74, 6) is 0.301. The van der Waals surface area contributed by atoms with Crippen molar-refractivity contribution in [2.24, 2.45) is 5.92 Å². The molecule has 8 heteroatoms. The number of nitrogen functional groups attached to an aromatic ring is 1. The maximum atomic E-state index is 12.5. The van der Waals surface area contributed by atoms with E-state index < -0.39 is 14.9 Å². The summed E-state index contributed by atoms with van der Waals surface area (Å²) < 4.78 is 26.5. The summed E-state index contributed by atoms with van der Waals surface area (Å²) in [6.07, 6.45) is 0.807. The van der Waals surface area contributed by atoms with Gasteiger partial charge in [-0.2, -0.15) is 4.31 Å². The van der Waals surface area contributed by atoms with Crippen LogP contribution in [-0.2, 0) is 10.0 Å². The Bertz CT molecular complexity index is 644. The lowest BCUT2D eigenvalue weighted by molar-refractivity contribution is -0.383. The lowest BCUT2D eigenvalue weighted by atomic mass is 10.1. The Labute approximate surface area is 117 Å². The van der Waals surface area contributed by atoms with E-state index in [2.05, 4.69) is 0 Å². The molecule has 110 valence electrons. The fourth-order valence-electron chi connectivity index (χ4n) is 2.59. The molecule has 1 fully saturated rings. The summed E-state index contributed by atoms with van der Waals surface area (Å²) in [5, 5.41) is 10.7. The molecule has 2 N–H and O–H groups in total. The standard InChI is InChI=1S/C12H17N3O4S/c1-8-5-9(2)14(7-8)20(18,19)10-3-4-12(15(16)17)11(13)6-10/h3-4,6,8-9H,5,7,13H2,1-2H3. The van der Waals surface area contributed by atoms with Crippen LogP contribution in [0.2, 0.25) is 0 Å². The van der Waals surface area contributed by atoms with Gasteiger partial charge in [-0.15, -0.1) is 0 Å². The third-order valence-electron chi connectivity index (χ3n) is 3.53. The van der Waals surface area contributed by atoms with Gasteiger partial charge in [-0.3, -0.25) is 10.1 Å². The van der Waals surface area contributed by atoms with E-state index in [1.807, 2.05) is 13.8 Å². The van der Waals surface area contributed by atoms with Gasteiger partial charge in [-0.1, -0.05) is 6.92 Å². The van der Waals surface area contributed by atoms with Crippen molar-refractivity contribution >= 4 is 21.4 Å². The Morgan fingerprint density at radius 3 is 2.50 bits per heavy atom. The normalized spacial score (nSPS) is 23.9. The number of rotatable bonds is 3. The molecule has 0 aliphatic carbocycles. The molecule has 1 saturated heterocycles. The van der Waals surface area contributed by atoms with Crippen molar-refractivity contribution in [3.05, 3.63) is 28.3 Å². The first-order chi connectivity index (χ1) is 9.23. The largest absolute Gasteiger partial charge is 0.393 e. The van der Waals surface area contributed by atoms with Crippen molar-refractivity contribution in [1.82, 2.24) is 4.31 Å². The maximum Gasteiger partial charge on any atom is 0.292 e. The molecule has 7 nitrogen and oxygen atoms in total. The number of nitrogens with two attached hydrogens (primary N) is 1. The van der Waals surface area contributed by atoms with Crippen molar-refractivity contribution in [2.45, 2.75) is 31.2 Å². The van der Waals surface area contributed by atoms with Gasteiger partial charge in [0.15, 0.2) is 0 Å². The molecular formula is C12H17N3O4S. The quantitative estimate of drug-likeness (QED) is 0.518. The molecule has 0 spiro atoms. The predicted molar refractivity (Wildman–Crippen MR) is 74.6 cm³/mol. The SMILES string of the molecule is CC1CC(C)N(S(=O)(=O)c2ccc([N+](=O)[O-])c(N)c2)C1. The number of benzene rings is 1. The molecule has 0 radical (unpaired) electrons. The average Bonchev–Trinajstić information content (AvgIpc) is 2.68. The Kier molecular flexibility index (Phi) is 3.70. The zero-order chi connectivity index (χ0) is 15.1. The van der Waals surface area contributed by atoms with Gasteiger partial charge in [-0.05, 0) is 31.4 Å². The minimum Gasteiger partial charge on any atom is -0.393 e. The Hall–Kier alpha value is -1.67. The minimum atomic E-state index is -3.66. The highest BCUT2D eigenvalue weighted by Crippen LogP contribution is 2.31. The van der Waals surface area contributed by atoms with E-state index in [-0.39, 0.29) is 22.3 Å². The monoisotopic (exact) mass is 299 g/mol. The molecule has 2 unspecified atom stereocenters. The molecule has 0 amide bonds. The first kappa shape index (κ1) is 14.7. The average molecular weight is 299 g/mol. The van der Waals surface area contributed by atoms with Crippen LogP contribution in [-0.4, -0.2) is 30.2 Å². The van der Waals surface area contributed by atoms with E-state index in [4.69, 9.17) is 5.73 Å². The van der Waals surface area contributed by atoms with Crippen molar-refractivity contribution in [2.75, 3.05) is 12.3 Å². The summed E-state index contributed by atoms with van der Waals surface area (Å²) in [6.45, 7) is 4.31. The van der Waals surface area contributed by atoms with Crippen LogP contribution in [0, 0.1) is 16.0 Å². The van der Waals surface area contributed by atoms with E-state index in [0.717, 1.165) is 18.6 Å². The number of sulfonamides is 1. The summed E-state index contributed by atoms with van der Waals surface area (Å²) in [4.78, 5) is 10.1. The second-order valence-electron chi connectivity index (χ2n) is 5.24. The molecule has 1 aliphatic rings. The second kappa shape index (κ2) is 5.02. The molecule has 20 heavy (non-hydrogen) atoms. The van der Waals surface area contributed by atoms with Gasteiger partial charge < -0.3 is 5.73 Å². The van der Waals surface area contributed by atoms with E-state index in [1.165, 1.54) is 10.4 Å². The van der Waals surface area contributed by atoms with E-state index in [9.17, 15) is 18.5 Å². The molecule has 1 aliphatic heterocycles. The van der Waals surface area contributed by atoms with E-state index >= 15 is 0 Å². The molecule has 0 saturated carbocycles. The van der Waals surface area contributed by atoms with Gasteiger partial charge in [0.05, 0.1) is 9.82 Å². The number of nitrogens with zero attached hydrogens (tertiary/aromatic N) is 2. The van der Waals surface area contributed by atoms with Crippen molar-refractivity contribution in [1.29, 1.82) is 0 Å². The van der Waals surface area contributed by atoms with Gasteiger partial charge in [0, 0.05) is 18.7 Å². The first-order valence-corrected chi connectivity index (χ1v) is 7.73. The van der Waals surface area contributed by atoms with Crippen LogP contribution in [0.15, 0.2) is 23.1 Å². The molecule has 0 bridgehead atoms. The van der Waals surface area contributed by atoms with E-state index in [0.29, 0.717) is 12.5 Å². The topological polar surface area (TPSA) is 107 Å². The number of nitro benzene ring substituents is 1. The third-order valence-corrected chi connectivity index (χ3v) is 5.51.